The molecule has 0 fully saturated rings. The minimum absolute atomic E-state index is 0.00312. The molecule has 128 valence electrons. The monoisotopic (exact) mass is 341 g/mol. The van der Waals surface area contributed by atoms with Gasteiger partial charge in [0.25, 0.3) is 0 Å². The Labute approximate surface area is 142 Å². The molecule has 0 aliphatic carbocycles. The average molecular weight is 341 g/mol. The highest BCUT2D eigenvalue weighted by molar-refractivity contribution is 5.99. The maximum absolute atomic E-state index is 11.7. The molecule has 0 saturated carbocycles. The number of benzene rings is 2. The van der Waals surface area contributed by atoms with Crippen molar-refractivity contribution in [2.45, 2.75) is 6.42 Å². The van der Waals surface area contributed by atoms with Crippen LogP contribution < -0.4 is 0 Å². The fourth-order valence-electron chi connectivity index (χ4n) is 2.63. The molecule has 0 aliphatic rings. The van der Waals surface area contributed by atoms with Crippen LogP contribution in [-0.4, -0.2) is 29.2 Å². The van der Waals surface area contributed by atoms with E-state index in [-0.39, 0.29) is 25.5 Å². The number of hydrogen-bond acceptors (Lipinski definition) is 6. The van der Waals surface area contributed by atoms with Gasteiger partial charge in [0, 0.05) is 5.39 Å². The Morgan fingerprint density at radius 2 is 1.96 bits per heavy atom. The molecule has 0 amide bonds. The lowest BCUT2D eigenvalue weighted by atomic mass is 10.0. The van der Waals surface area contributed by atoms with Crippen molar-refractivity contribution in [3.8, 4) is 11.1 Å². The molecule has 1 aromatic heterocycles. The predicted octanol–water partition coefficient (Wildman–Crippen LogP) is 3.09. The number of nitrogens with zero attached hydrogens (tertiary/aromatic N) is 1. The van der Waals surface area contributed by atoms with Gasteiger partial charge in [-0.25, -0.2) is 0 Å². The Balaban J connectivity index is 2.06. The average Bonchev–Trinajstić information content (AvgIpc) is 3.00. The lowest BCUT2D eigenvalue weighted by molar-refractivity contribution is -0.400. The Morgan fingerprint density at radius 1 is 1.20 bits per heavy atom. The third-order valence-electron chi connectivity index (χ3n) is 3.66. The van der Waals surface area contributed by atoms with E-state index in [0.29, 0.717) is 27.7 Å². The van der Waals surface area contributed by atoms with Gasteiger partial charge in [-0.05, 0) is 23.3 Å². The number of furan rings is 1. The van der Waals surface area contributed by atoms with Crippen LogP contribution in [-0.2, 0) is 16.0 Å². The molecule has 7 nitrogen and oxygen atoms in total. The SMILES string of the molecule is O=C(Cc1ccc2oc([N+](=O)[O-])c(-c3ccccc3)c2c1)OCCO. The van der Waals surface area contributed by atoms with E-state index in [4.69, 9.17) is 14.3 Å². The first-order valence-electron chi connectivity index (χ1n) is 7.62. The smallest absolute Gasteiger partial charge is 0.442 e. The maximum atomic E-state index is 11.7. The summed E-state index contributed by atoms with van der Waals surface area (Å²) >= 11 is 0. The molecule has 0 aliphatic heterocycles. The molecule has 1 N–H and O–H groups in total. The summed E-state index contributed by atoms with van der Waals surface area (Å²) in [6.45, 7) is -0.301. The molecule has 3 aromatic rings. The summed E-state index contributed by atoms with van der Waals surface area (Å²) in [6.07, 6.45) is 0.00312. The summed E-state index contributed by atoms with van der Waals surface area (Å²) in [5, 5.41) is 20.6. The first-order chi connectivity index (χ1) is 12.1. The minimum atomic E-state index is -0.558. The third kappa shape index (κ3) is 3.51. The lowest BCUT2D eigenvalue weighted by Crippen LogP contribution is -2.10. The fourth-order valence-corrected chi connectivity index (χ4v) is 2.63. The number of esters is 1. The number of nitro groups is 1. The van der Waals surface area contributed by atoms with Crippen LogP contribution in [0.5, 0.6) is 0 Å². The van der Waals surface area contributed by atoms with Crippen molar-refractivity contribution in [2.24, 2.45) is 0 Å². The quantitative estimate of drug-likeness (QED) is 0.420. The van der Waals surface area contributed by atoms with Gasteiger partial charge in [0.15, 0.2) is 0 Å². The minimum Gasteiger partial charge on any atom is -0.463 e. The van der Waals surface area contributed by atoms with Gasteiger partial charge in [0.05, 0.1) is 13.0 Å². The van der Waals surface area contributed by atoms with Crippen LogP contribution in [0.3, 0.4) is 0 Å². The Kier molecular flexibility index (Phi) is 4.76. The molecular weight excluding hydrogens is 326 g/mol. The van der Waals surface area contributed by atoms with Crippen LogP contribution in [0, 0.1) is 10.1 Å². The molecule has 0 bridgehead atoms. The van der Waals surface area contributed by atoms with Crippen LogP contribution in [0.2, 0.25) is 0 Å². The zero-order chi connectivity index (χ0) is 17.8. The van der Waals surface area contributed by atoms with Crippen LogP contribution in [0.15, 0.2) is 52.9 Å². The predicted molar refractivity (Wildman–Crippen MR) is 90.1 cm³/mol. The highest BCUT2D eigenvalue weighted by atomic mass is 16.6. The zero-order valence-corrected chi connectivity index (χ0v) is 13.2. The van der Waals surface area contributed by atoms with Gasteiger partial charge in [-0.3, -0.25) is 14.9 Å². The van der Waals surface area contributed by atoms with Crippen LogP contribution >= 0.6 is 0 Å². The van der Waals surface area contributed by atoms with Gasteiger partial charge in [0.2, 0.25) is 0 Å². The highest BCUT2D eigenvalue weighted by Crippen LogP contribution is 2.40. The van der Waals surface area contributed by atoms with E-state index >= 15 is 0 Å². The Bertz CT molecular complexity index is 916. The topological polar surface area (TPSA) is 103 Å². The van der Waals surface area contributed by atoms with Gasteiger partial charge >= 0.3 is 11.9 Å². The highest BCUT2D eigenvalue weighted by Gasteiger charge is 2.25. The molecule has 25 heavy (non-hydrogen) atoms. The van der Waals surface area contributed by atoms with Crippen molar-refractivity contribution in [3.05, 3.63) is 64.2 Å². The van der Waals surface area contributed by atoms with Crippen molar-refractivity contribution in [3.63, 3.8) is 0 Å². The maximum Gasteiger partial charge on any atom is 0.442 e. The normalized spacial score (nSPS) is 10.8. The van der Waals surface area contributed by atoms with Gasteiger partial charge in [-0.2, -0.15) is 0 Å². The summed E-state index contributed by atoms with van der Waals surface area (Å²) in [5.41, 5.74) is 2.06. The standard InChI is InChI=1S/C18H15NO6/c20-8-9-24-16(21)11-12-6-7-15-14(10-12)17(18(25-15)19(22)23)13-4-2-1-3-5-13/h1-7,10,20H,8-9,11H2. The molecule has 3 rings (SSSR count). The Morgan fingerprint density at radius 3 is 2.64 bits per heavy atom. The van der Waals surface area contributed by atoms with E-state index in [9.17, 15) is 14.9 Å². The number of ether oxygens (including phenoxy) is 1. The number of aliphatic hydroxyl groups excluding tert-OH is 1. The molecule has 0 atom stereocenters. The van der Waals surface area contributed by atoms with E-state index in [1.54, 1.807) is 42.5 Å². The molecule has 0 radical (unpaired) electrons. The lowest BCUT2D eigenvalue weighted by Gasteiger charge is -2.03. The molecular formula is C18H15NO6. The number of carbonyl (C=O) groups excluding carboxylic acids is 1. The van der Waals surface area contributed by atoms with E-state index in [2.05, 4.69) is 0 Å². The van der Waals surface area contributed by atoms with Crippen LogP contribution in [0.25, 0.3) is 22.1 Å². The number of hydrogen-bond donors (Lipinski definition) is 1. The molecule has 0 spiro atoms. The van der Waals surface area contributed by atoms with E-state index in [1.165, 1.54) is 0 Å². The van der Waals surface area contributed by atoms with Gasteiger partial charge in [-0.1, -0.05) is 36.4 Å². The largest absolute Gasteiger partial charge is 0.463 e. The summed E-state index contributed by atoms with van der Waals surface area (Å²) in [7, 11) is 0. The summed E-state index contributed by atoms with van der Waals surface area (Å²) in [5.74, 6) is -0.811. The third-order valence-corrected chi connectivity index (χ3v) is 3.66. The molecule has 0 unspecified atom stereocenters. The summed E-state index contributed by atoms with van der Waals surface area (Å²) in [6, 6.07) is 13.9. The van der Waals surface area contributed by atoms with E-state index < -0.39 is 10.9 Å². The second-order valence-corrected chi connectivity index (χ2v) is 5.36. The van der Waals surface area contributed by atoms with Crippen molar-refractivity contribution >= 4 is 22.8 Å². The summed E-state index contributed by atoms with van der Waals surface area (Å²) < 4.78 is 10.2. The van der Waals surface area contributed by atoms with E-state index in [1.807, 2.05) is 6.07 Å². The molecule has 7 heteroatoms. The van der Waals surface area contributed by atoms with Crippen LogP contribution in [0.4, 0.5) is 5.88 Å². The molecule has 0 saturated heterocycles. The zero-order valence-electron chi connectivity index (χ0n) is 13.2. The first-order valence-corrected chi connectivity index (χ1v) is 7.62. The fraction of sp³-hybridized carbons (Fsp3) is 0.167. The first kappa shape index (κ1) is 16.7. The van der Waals surface area contributed by atoms with E-state index in [0.717, 1.165) is 0 Å². The van der Waals surface area contributed by atoms with Gasteiger partial charge in [-0.15, -0.1) is 0 Å². The van der Waals surface area contributed by atoms with Crippen LogP contribution in [0.1, 0.15) is 5.56 Å². The van der Waals surface area contributed by atoms with Gasteiger partial charge in [0.1, 0.15) is 22.7 Å². The number of aliphatic hydroxyl groups is 1. The Hall–Kier alpha value is -3.19. The molecule has 2 aromatic carbocycles. The van der Waals surface area contributed by atoms with Crippen molar-refractivity contribution in [2.75, 3.05) is 13.2 Å². The van der Waals surface area contributed by atoms with Gasteiger partial charge < -0.3 is 14.3 Å². The summed E-state index contributed by atoms with van der Waals surface area (Å²) in [4.78, 5) is 22.5. The molecule has 1 heterocycles. The number of rotatable bonds is 6. The second-order valence-electron chi connectivity index (χ2n) is 5.36. The van der Waals surface area contributed by atoms with Crippen molar-refractivity contribution < 1.29 is 24.0 Å². The number of fused-ring (bicyclic) bond motifs is 1. The van der Waals surface area contributed by atoms with Crippen molar-refractivity contribution in [1.29, 1.82) is 0 Å². The second kappa shape index (κ2) is 7.14. The van der Waals surface area contributed by atoms with Crippen molar-refractivity contribution in [1.82, 2.24) is 0 Å². The number of carbonyl (C=O) groups is 1.